The van der Waals surface area contributed by atoms with E-state index in [1.165, 1.54) is 15.9 Å². The molecule has 1 fully saturated rings. The molecule has 2 amide bonds. The number of rotatable bonds is 2. The SMILES string of the molecule is Cn1c(=O)oc2cc(C(=O)N3CCN(C(=O)c4cccs4)CC3)ccc21. The number of amides is 2. The molecule has 1 aromatic carbocycles. The number of aromatic nitrogens is 1. The first kappa shape index (κ1) is 16.6. The van der Waals surface area contributed by atoms with E-state index in [0.717, 1.165) is 0 Å². The third-order valence-electron chi connectivity index (χ3n) is 4.63. The number of piperazine rings is 1. The predicted molar refractivity (Wildman–Crippen MR) is 97.6 cm³/mol. The Morgan fingerprint density at radius 2 is 1.73 bits per heavy atom. The summed E-state index contributed by atoms with van der Waals surface area (Å²) in [5.41, 5.74) is 1.53. The first-order valence-electron chi connectivity index (χ1n) is 8.26. The molecule has 26 heavy (non-hydrogen) atoms. The average Bonchev–Trinajstić information content (AvgIpc) is 3.29. The van der Waals surface area contributed by atoms with Crippen LogP contribution in [-0.4, -0.2) is 52.4 Å². The largest absolute Gasteiger partial charge is 0.419 e. The van der Waals surface area contributed by atoms with E-state index < -0.39 is 5.76 Å². The fourth-order valence-electron chi connectivity index (χ4n) is 3.12. The van der Waals surface area contributed by atoms with Gasteiger partial charge < -0.3 is 14.2 Å². The van der Waals surface area contributed by atoms with E-state index in [1.54, 1.807) is 35.0 Å². The number of carbonyl (C=O) groups is 2. The molecular weight excluding hydrogens is 354 g/mol. The van der Waals surface area contributed by atoms with Gasteiger partial charge in [0.25, 0.3) is 11.8 Å². The minimum atomic E-state index is -0.453. The van der Waals surface area contributed by atoms with Crippen LogP contribution in [0.5, 0.6) is 0 Å². The molecule has 1 aliphatic heterocycles. The Morgan fingerprint density at radius 1 is 1.04 bits per heavy atom. The second kappa shape index (κ2) is 6.45. The molecule has 3 aromatic rings. The molecule has 0 bridgehead atoms. The van der Waals surface area contributed by atoms with Crippen molar-refractivity contribution in [1.82, 2.24) is 14.4 Å². The molecule has 1 saturated heterocycles. The minimum absolute atomic E-state index is 0.0135. The highest BCUT2D eigenvalue weighted by Gasteiger charge is 2.26. The topological polar surface area (TPSA) is 75.8 Å². The Labute approximate surface area is 153 Å². The highest BCUT2D eigenvalue weighted by atomic mass is 32.1. The molecule has 1 aliphatic rings. The maximum Gasteiger partial charge on any atom is 0.419 e. The van der Waals surface area contributed by atoms with Gasteiger partial charge in [0.1, 0.15) is 0 Å². The molecule has 4 rings (SSSR count). The van der Waals surface area contributed by atoms with Crippen LogP contribution >= 0.6 is 11.3 Å². The van der Waals surface area contributed by atoms with Gasteiger partial charge in [-0.25, -0.2) is 4.79 Å². The van der Waals surface area contributed by atoms with E-state index >= 15 is 0 Å². The third-order valence-corrected chi connectivity index (χ3v) is 5.48. The van der Waals surface area contributed by atoms with Gasteiger partial charge in [-0.1, -0.05) is 6.07 Å². The zero-order chi connectivity index (χ0) is 18.3. The van der Waals surface area contributed by atoms with Crippen molar-refractivity contribution < 1.29 is 14.0 Å². The maximum atomic E-state index is 12.7. The fraction of sp³-hybridized carbons (Fsp3) is 0.278. The lowest BCUT2D eigenvalue weighted by molar-refractivity contribution is 0.0538. The van der Waals surface area contributed by atoms with Crippen molar-refractivity contribution in [3.05, 3.63) is 56.7 Å². The standard InChI is InChI=1S/C18H17N3O4S/c1-19-13-5-4-12(11-14(13)25-18(19)24)16(22)20-6-8-21(9-7-20)17(23)15-3-2-10-26-15/h2-5,10-11H,6-9H2,1H3. The number of thiophene rings is 1. The van der Waals surface area contributed by atoms with Gasteiger partial charge in [-0.3, -0.25) is 14.2 Å². The Hall–Kier alpha value is -2.87. The highest BCUT2D eigenvalue weighted by molar-refractivity contribution is 7.12. The van der Waals surface area contributed by atoms with Crippen LogP contribution in [0, 0.1) is 0 Å². The van der Waals surface area contributed by atoms with Crippen molar-refractivity contribution in [2.24, 2.45) is 7.05 Å². The van der Waals surface area contributed by atoms with Crippen molar-refractivity contribution >= 4 is 34.3 Å². The summed E-state index contributed by atoms with van der Waals surface area (Å²) in [4.78, 5) is 40.9. The summed E-state index contributed by atoms with van der Waals surface area (Å²) in [6.45, 7) is 1.97. The summed E-state index contributed by atoms with van der Waals surface area (Å²) in [5.74, 6) is -0.563. The zero-order valence-electron chi connectivity index (χ0n) is 14.2. The van der Waals surface area contributed by atoms with E-state index in [9.17, 15) is 14.4 Å². The van der Waals surface area contributed by atoms with Gasteiger partial charge in [0.05, 0.1) is 10.4 Å². The highest BCUT2D eigenvalue weighted by Crippen LogP contribution is 2.18. The molecule has 0 N–H and O–H groups in total. The summed E-state index contributed by atoms with van der Waals surface area (Å²) in [6, 6.07) is 8.68. The number of fused-ring (bicyclic) bond motifs is 1. The first-order chi connectivity index (χ1) is 12.5. The Balaban J connectivity index is 1.46. The molecule has 134 valence electrons. The molecule has 3 heterocycles. The van der Waals surface area contributed by atoms with Gasteiger partial charge in [0, 0.05) is 38.8 Å². The molecule has 2 aromatic heterocycles. The van der Waals surface area contributed by atoms with Gasteiger partial charge in [0.2, 0.25) is 0 Å². The molecule has 0 spiro atoms. The summed E-state index contributed by atoms with van der Waals surface area (Å²) >= 11 is 1.42. The third kappa shape index (κ3) is 2.82. The number of oxazole rings is 1. The van der Waals surface area contributed by atoms with Gasteiger partial charge in [-0.05, 0) is 29.6 Å². The van der Waals surface area contributed by atoms with E-state index in [1.807, 2.05) is 17.5 Å². The lowest BCUT2D eigenvalue weighted by Crippen LogP contribution is -2.50. The second-order valence-electron chi connectivity index (χ2n) is 6.17. The minimum Gasteiger partial charge on any atom is -0.408 e. The lowest BCUT2D eigenvalue weighted by Gasteiger charge is -2.34. The van der Waals surface area contributed by atoms with Crippen molar-refractivity contribution in [3.63, 3.8) is 0 Å². The lowest BCUT2D eigenvalue weighted by atomic mass is 10.1. The van der Waals surface area contributed by atoms with Crippen molar-refractivity contribution in [2.45, 2.75) is 0 Å². The number of hydrogen-bond acceptors (Lipinski definition) is 5. The molecule has 0 unspecified atom stereocenters. The van der Waals surface area contributed by atoms with Crippen LogP contribution in [0.2, 0.25) is 0 Å². The summed E-state index contributed by atoms with van der Waals surface area (Å²) in [6.07, 6.45) is 0. The van der Waals surface area contributed by atoms with Crippen LogP contribution in [0.15, 0.2) is 44.9 Å². The van der Waals surface area contributed by atoms with Crippen molar-refractivity contribution in [1.29, 1.82) is 0 Å². The monoisotopic (exact) mass is 371 g/mol. The van der Waals surface area contributed by atoms with Crippen molar-refractivity contribution in [3.8, 4) is 0 Å². The Morgan fingerprint density at radius 3 is 2.38 bits per heavy atom. The van der Waals surface area contributed by atoms with E-state index in [0.29, 0.717) is 47.7 Å². The average molecular weight is 371 g/mol. The Bertz CT molecular complexity index is 1030. The zero-order valence-corrected chi connectivity index (χ0v) is 15.0. The van der Waals surface area contributed by atoms with E-state index in [2.05, 4.69) is 0 Å². The molecule has 8 heteroatoms. The normalized spacial score (nSPS) is 14.8. The molecule has 0 aliphatic carbocycles. The number of aryl methyl sites for hydroxylation is 1. The number of carbonyl (C=O) groups excluding carboxylic acids is 2. The number of nitrogens with zero attached hydrogens (tertiary/aromatic N) is 3. The van der Waals surface area contributed by atoms with E-state index in [4.69, 9.17) is 4.42 Å². The van der Waals surface area contributed by atoms with E-state index in [-0.39, 0.29) is 11.8 Å². The van der Waals surface area contributed by atoms with Crippen LogP contribution in [0.25, 0.3) is 11.1 Å². The van der Waals surface area contributed by atoms with Crippen LogP contribution < -0.4 is 5.76 Å². The molecule has 0 radical (unpaired) electrons. The van der Waals surface area contributed by atoms with Crippen LogP contribution in [0.3, 0.4) is 0 Å². The van der Waals surface area contributed by atoms with Gasteiger partial charge in [-0.15, -0.1) is 11.3 Å². The Kier molecular flexibility index (Phi) is 4.12. The predicted octanol–water partition coefficient (Wildman–Crippen LogP) is 1.79. The summed E-state index contributed by atoms with van der Waals surface area (Å²) in [5, 5.41) is 1.88. The fourth-order valence-corrected chi connectivity index (χ4v) is 3.81. The van der Waals surface area contributed by atoms with Gasteiger partial charge in [-0.2, -0.15) is 0 Å². The molecule has 0 atom stereocenters. The van der Waals surface area contributed by atoms with Gasteiger partial charge >= 0.3 is 5.76 Å². The van der Waals surface area contributed by atoms with Crippen LogP contribution in [0.4, 0.5) is 0 Å². The van der Waals surface area contributed by atoms with Crippen molar-refractivity contribution in [2.75, 3.05) is 26.2 Å². The number of hydrogen-bond donors (Lipinski definition) is 0. The summed E-state index contributed by atoms with van der Waals surface area (Å²) in [7, 11) is 1.62. The van der Waals surface area contributed by atoms with Gasteiger partial charge in [0.15, 0.2) is 5.58 Å². The van der Waals surface area contributed by atoms with Crippen LogP contribution in [0.1, 0.15) is 20.0 Å². The smallest absolute Gasteiger partial charge is 0.408 e. The quantitative estimate of drug-likeness (QED) is 0.688. The molecule has 7 nitrogen and oxygen atoms in total. The number of benzene rings is 1. The molecule has 0 saturated carbocycles. The maximum absolute atomic E-state index is 12.7. The second-order valence-corrected chi connectivity index (χ2v) is 7.12. The molecular formula is C18H17N3O4S. The van der Waals surface area contributed by atoms with Crippen LogP contribution in [-0.2, 0) is 7.05 Å². The first-order valence-corrected chi connectivity index (χ1v) is 9.14. The summed E-state index contributed by atoms with van der Waals surface area (Å²) < 4.78 is 6.55.